The molecule has 6 nitrogen and oxygen atoms in total. The predicted octanol–water partition coefficient (Wildman–Crippen LogP) is 3.13. The Morgan fingerprint density at radius 1 is 1.22 bits per heavy atom. The number of piperidine rings is 1. The van der Waals surface area contributed by atoms with Crippen molar-refractivity contribution in [2.24, 2.45) is 0 Å². The first kappa shape index (κ1) is 15.8. The molecule has 6 heteroatoms. The minimum atomic E-state index is 0.570. The zero-order valence-electron chi connectivity index (χ0n) is 13.9. The molecule has 1 atom stereocenters. The number of methoxy groups -OCH3 is 2. The highest BCUT2D eigenvalue weighted by atomic mass is 16.5. The largest absolute Gasteiger partial charge is 0.493 e. The Morgan fingerprint density at radius 3 is 2.78 bits per heavy atom. The zero-order chi connectivity index (χ0) is 16.2. The Morgan fingerprint density at radius 2 is 2.04 bits per heavy atom. The number of nitrogens with zero attached hydrogens (tertiary/aromatic N) is 3. The van der Waals surface area contributed by atoms with Gasteiger partial charge in [-0.15, -0.1) is 0 Å². The van der Waals surface area contributed by atoms with Gasteiger partial charge in [-0.05, 0) is 44.5 Å². The second kappa shape index (κ2) is 7.00. The molecule has 0 N–H and O–H groups in total. The topological polar surface area (TPSA) is 60.6 Å². The molecule has 0 bridgehead atoms. The number of hydrogen-bond donors (Lipinski definition) is 0. The molecule has 1 aliphatic rings. The van der Waals surface area contributed by atoms with Crippen LogP contribution in [0.3, 0.4) is 0 Å². The van der Waals surface area contributed by atoms with Gasteiger partial charge in [0.1, 0.15) is 0 Å². The molecule has 2 heterocycles. The molecule has 124 valence electrons. The number of hydrogen-bond acceptors (Lipinski definition) is 6. The van der Waals surface area contributed by atoms with Crippen LogP contribution in [0.15, 0.2) is 22.7 Å². The third-order valence-corrected chi connectivity index (χ3v) is 4.39. The van der Waals surface area contributed by atoms with Gasteiger partial charge in [0, 0.05) is 11.6 Å². The van der Waals surface area contributed by atoms with Crippen LogP contribution in [0, 0.1) is 0 Å². The highest BCUT2D eigenvalue weighted by molar-refractivity contribution is 5.60. The highest BCUT2D eigenvalue weighted by Crippen LogP contribution is 2.31. The van der Waals surface area contributed by atoms with Gasteiger partial charge in [-0.25, -0.2) is 0 Å². The van der Waals surface area contributed by atoms with E-state index in [4.69, 9.17) is 14.0 Å². The van der Waals surface area contributed by atoms with Gasteiger partial charge in [0.2, 0.25) is 11.7 Å². The number of benzene rings is 1. The summed E-state index contributed by atoms with van der Waals surface area (Å²) < 4.78 is 16.0. The summed E-state index contributed by atoms with van der Waals surface area (Å²) >= 11 is 0. The van der Waals surface area contributed by atoms with Gasteiger partial charge in [-0.2, -0.15) is 4.98 Å². The Labute approximate surface area is 136 Å². The SMILES string of the molecule is COc1ccc(-c2noc(CN3CCCCC3C)n2)cc1OC. The monoisotopic (exact) mass is 317 g/mol. The predicted molar refractivity (Wildman–Crippen MR) is 86.6 cm³/mol. The molecule has 1 fully saturated rings. The normalized spacial score (nSPS) is 18.8. The fourth-order valence-electron chi connectivity index (χ4n) is 2.98. The number of likely N-dealkylation sites (tertiary alicyclic amines) is 1. The van der Waals surface area contributed by atoms with Gasteiger partial charge in [-0.1, -0.05) is 11.6 Å². The molecule has 1 aromatic carbocycles. The lowest BCUT2D eigenvalue weighted by atomic mass is 10.0. The maximum absolute atomic E-state index is 5.43. The van der Waals surface area contributed by atoms with Crippen molar-refractivity contribution >= 4 is 0 Å². The molecule has 1 aliphatic heterocycles. The van der Waals surface area contributed by atoms with Crippen LogP contribution in [0.5, 0.6) is 11.5 Å². The molecule has 23 heavy (non-hydrogen) atoms. The number of aromatic nitrogens is 2. The van der Waals surface area contributed by atoms with Crippen molar-refractivity contribution in [3.63, 3.8) is 0 Å². The number of rotatable bonds is 5. The second-order valence-corrected chi connectivity index (χ2v) is 5.90. The lowest BCUT2D eigenvalue weighted by molar-refractivity contribution is 0.135. The van der Waals surface area contributed by atoms with Crippen molar-refractivity contribution < 1.29 is 14.0 Å². The third-order valence-electron chi connectivity index (χ3n) is 4.39. The van der Waals surface area contributed by atoms with Crippen LogP contribution in [-0.4, -0.2) is 41.8 Å². The highest BCUT2D eigenvalue weighted by Gasteiger charge is 2.21. The van der Waals surface area contributed by atoms with Crippen molar-refractivity contribution in [2.75, 3.05) is 20.8 Å². The summed E-state index contributed by atoms with van der Waals surface area (Å²) in [7, 11) is 3.23. The first-order valence-corrected chi connectivity index (χ1v) is 8.00. The molecule has 0 amide bonds. The molecule has 2 aromatic rings. The van der Waals surface area contributed by atoms with Gasteiger partial charge in [0.15, 0.2) is 11.5 Å². The lowest BCUT2D eigenvalue weighted by Gasteiger charge is -2.31. The first-order valence-electron chi connectivity index (χ1n) is 8.00. The molecule has 0 aliphatic carbocycles. The van der Waals surface area contributed by atoms with E-state index in [-0.39, 0.29) is 0 Å². The maximum atomic E-state index is 5.43. The minimum Gasteiger partial charge on any atom is -0.493 e. The zero-order valence-corrected chi connectivity index (χ0v) is 13.9. The standard InChI is InChI=1S/C17H23N3O3/c1-12-6-4-5-9-20(12)11-16-18-17(19-23-16)13-7-8-14(21-2)15(10-13)22-3/h7-8,10,12H,4-6,9,11H2,1-3H3. The fraction of sp³-hybridized carbons (Fsp3) is 0.529. The Kier molecular flexibility index (Phi) is 4.81. The molecule has 1 aromatic heterocycles. The molecule has 0 saturated carbocycles. The fourth-order valence-corrected chi connectivity index (χ4v) is 2.98. The average Bonchev–Trinajstić information content (AvgIpc) is 3.05. The summed E-state index contributed by atoms with van der Waals surface area (Å²) in [6, 6.07) is 6.17. The van der Waals surface area contributed by atoms with Crippen LogP contribution in [0.25, 0.3) is 11.4 Å². The number of ether oxygens (including phenoxy) is 2. The summed E-state index contributed by atoms with van der Waals surface area (Å²) in [5.74, 6) is 2.57. The molecular formula is C17H23N3O3. The molecule has 1 saturated heterocycles. The van der Waals surface area contributed by atoms with Crippen molar-refractivity contribution in [1.82, 2.24) is 15.0 Å². The van der Waals surface area contributed by atoms with Gasteiger partial charge in [0.05, 0.1) is 20.8 Å². The van der Waals surface area contributed by atoms with Crippen molar-refractivity contribution in [2.45, 2.75) is 38.8 Å². The van der Waals surface area contributed by atoms with Crippen LogP contribution in [0.2, 0.25) is 0 Å². The van der Waals surface area contributed by atoms with Crippen LogP contribution in [0.4, 0.5) is 0 Å². The van der Waals surface area contributed by atoms with E-state index in [9.17, 15) is 0 Å². The summed E-state index contributed by atoms with van der Waals surface area (Å²) in [6.07, 6.45) is 3.77. The van der Waals surface area contributed by atoms with E-state index in [0.29, 0.717) is 35.8 Å². The van der Waals surface area contributed by atoms with Gasteiger partial charge in [-0.3, -0.25) is 4.90 Å². The lowest BCUT2D eigenvalue weighted by Crippen LogP contribution is -2.36. The van der Waals surface area contributed by atoms with Crippen molar-refractivity contribution in [1.29, 1.82) is 0 Å². The first-order chi connectivity index (χ1) is 11.2. The molecule has 0 spiro atoms. The Bertz CT molecular complexity index is 656. The molecular weight excluding hydrogens is 294 g/mol. The third kappa shape index (κ3) is 3.47. The van der Waals surface area contributed by atoms with E-state index in [2.05, 4.69) is 22.0 Å². The van der Waals surface area contributed by atoms with E-state index in [0.717, 1.165) is 12.1 Å². The summed E-state index contributed by atoms with van der Waals surface area (Å²) in [6.45, 7) is 4.06. The van der Waals surface area contributed by atoms with Gasteiger partial charge >= 0.3 is 0 Å². The van der Waals surface area contributed by atoms with Crippen molar-refractivity contribution in [3.05, 3.63) is 24.1 Å². The van der Waals surface area contributed by atoms with E-state index < -0.39 is 0 Å². The van der Waals surface area contributed by atoms with E-state index >= 15 is 0 Å². The van der Waals surface area contributed by atoms with Crippen molar-refractivity contribution in [3.8, 4) is 22.9 Å². The van der Waals surface area contributed by atoms with E-state index in [1.807, 2.05) is 18.2 Å². The molecule has 0 radical (unpaired) electrons. The van der Waals surface area contributed by atoms with Crippen LogP contribution in [-0.2, 0) is 6.54 Å². The smallest absolute Gasteiger partial charge is 0.241 e. The van der Waals surface area contributed by atoms with E-state index in [1.54, 1.807) is 14.2 Å². The van der Waals surface area contributed by atoms with Crippen LogP contribution in [0.1, 0.15) is 32.1 Å². The summed E-state index contributed by atoms with van der Waals surface area (Å²) in [5.41, 5.74) is 0.851. The maximum Gasteiger partial charge on any atom is 0.241 e. The molecule has 1 unspecified atom stereocenters. The summed E-state index contributed by atoms with van der Waals surface area (Å²) in [4.78, 5) is 6.92. The molecule has 3 rings (SSSR count). The van der Waals surface area contributed by atoms with Crippen LogP contribution < -0.4 is 9.47 Å². The van der Waals surface area contributed by atoms with E-state index in [1.165, 1.54) is 19.3 Å². The van der Waals surface area contributed by atoms with Crippen LogP contribution >= 0.6 is 0 Å². The van der Waals surface area contributed by atoms with Gasteiger partial charge < -0.3 is 14.0 Å². The summed E-state index contributed by atoms with van der Waals surface area (Å²) in [5, 5.41) is 4.10. The Balaban J connectivity index is 1.76. The minimum absolute atomic E-state index is 0.570. The quantitative estimate of drug-likeness (QED) is 0.844. The Hall–Kier alpha value is -2.08. The average molecular weight is 317 g/mol. The second-order valence-electron chi connectivity index (χ2n) is 5.90. The van der Waals surface area contributed by atoms with Gasteiger partial charge in [0.25, 0.3) is 0 Å².